The van der Waals surface area contributed by atoms with Gasteiger partial charge in [-0.2, -0.15) is 0 Å². The van der Waals surface area contributed by atoms with E-state index in [0.29, 0.717) is 5.56 Å². The minimum Gasteiger partial charge on any atom is -0.443 e. The average molecular weight is 323 g/mol. The molecule has 0 bridgehead atoms. The van der Waals surface area contributed by atoms with Gasteiger partial charge in [-0.05, 0) is 32.9 Å². The monoisotopic (exact) mass is 323 g/mol. The number of hydrogen-bond acceptors (Lipinski definition) is 4. The number of carbonyl (C=O) groups is 2. The molecule has 1 aromatic carbocycles. The van der Waals surface area contributed by atoms with Crippen LogP contribution in [0.3, 0.4) is 0 Å². The molecule has 0 aliphatic rings. The predicted molar refractivity (Wildman–Crippen MR) is 86.0 cm³/mol. The standard InChI is InChI=1S/C16H22FN3O3/c1-16(2,3)23-15(22)20(11-9-18)14(21)19-10-8-12-6-4-5-7-13(12)17/h4-8,10H,9,11,18H2,1-3H3,(H,19,21)/b10-8+. The fourth-order valence-electron chi connectivity index (χ4n) is 1.61. The third-order valence-corrected chi connectivity index (χ3v) is 2.59. The molecule has 6 nitrogen and oxygen atoms in total. The Kier molecular flexibility index (Phi) is 6.71. The first kappa shape index (κ1) is 18.6. The van der Waals surface area contributed by atoms with E-state index in [0.717, 1.165) is 4.90 Å². The summed E-state index contributed by atoms with van der Waals surface area (Å²) in [5.74, 6) is -0.413. The number of halogens is 1. The fourth-order valence-corrected chi connectivity index (χ4v) is 1.61. The summed E-state index contributed by atoms with van der Waals surface area (Å²) in [4.78, 5) is 24.9. The lowest BCUT2D eigenvalue weighted by atomic mass is 10.2. The molecule has 0 aliphatic carbocycles. The molecule has 7 heteroatoms. The maximum atomic E-state index is 13.4. The van der Waals surface area contributed by atoms with Crippen molar-refractivity contribution >= 4 is 18.2 Å². The molecular formula is C16H22FN3O3. The van der Waals surface area contributed by atoms with Gasteiger partial charge in [-0.3, -0.25) is 0 Å². The molecule has 23 heavy (non-hydrogen) atoms. The van der Waals surface area contributed by atoms with Gasteiger partial charge in [0.25, 0.3) is 0 Å². The second kappa shape index (κ2) is 8.28. The molecule has 0 aromatic heterocycles. The van der Waals surface area contributed by atoms with Crippen LogP contribution >= 0.6 is 0 Å². The molecule has 0 spiro atoms. The summed E-state index contributed by atoms with van der Waals surface area (Å²) in [7, 11) is 0. The van der Waals surface area contributed by atoms with E-state index in [-0.39, 0.29) is 13.1 Å². The molecule has 0 atom stereocenters. The summed E-state index contributed by atoms with van der Waals surface area (Å²) in [6.45, 7) is 5.20. The van der Waals surface area contributed by atoms with Crippen molar-refractivity contribution in [2.75, 3.05) is 13.1 Å². The third kappa shape index (κ3) is 6.48. The zero-order valence-corrected chi connectivity index (χ0v) is 13.5. The summed E-state index contributed by atoms with van der Waals surface area (Å²) in [6, 6.07) is 5.41. The van der Waals surface area contributed by atoms with Gasteiger partial charge in [-0.25, -0.2) is 18.9 Å². The van der Waals surface area contributed by atoms with E-state index in [4.69, 9.17) is 10.5 Å². The Balaban J connectivity index is 2.71. The van der Waals surface area contributed by atoms with Gasteiger partial charge in [0.1, 0.15) is 11.4 Å². The van der Waals surface area contributed by atoms with Gasteiger partial charge >= 0.3 is 12.1 Å². The lowest BCUT2D eigenvalue weighted by Crippen LogP contribution is -2.46. The Hall–Kier alpha value is -2.41. The van der Waals surface area contributed by atoms with Gasteiger partial charge < -0.3 is 15.8 Å². The van der Waals surface area contributed by atoms with Gasteiger partial charge in [-0.15, -0.1) is 0 Å². The molecule has 0 unspecified atom stereocenters. The van der Waals surface area contributed by atoms with Crippen molar-refractivity contribution in [3.8, 4) is 0 Å². The first-order valence-corrected chi connectivity index (χ1v) is 7.17. The van der Waals surface area contributed by atoms with Gasteiger partial charge in [0.15, 0.2) is 0 Å². The number of nitrogens with zero attached hydrogens (tertiary/aromatic N) is 1. The topological polar surface area (TPSA) is 84.7 Å². The van der Waals surface area contributed by atoms with E-state index in [9.17, 15) is 14.0 Å². The van der Waals surface area contributed by atoms with Crippen molar-refractivity contribution in [2.24, 2.45) is 5.73 Å². The Morgan fingerprint density at radius 1 is 1.35 bits per heavy atom. The Morgan fingerprint density at radius 3 is 2.57 bits per heavy atom. The highest BCUT2D eigenvalue weighted by Crippen LogP contribution is 2.10. The lowest BCUT2D eigenvalue weighted by molar-refractivity contribution is 0.0328. The molecule has 0 fully saturated rings. The zero-order valence-electron chi connectivity index (χ0n) is 13.5. The molecule has 0 saturated carbocycles. The van der Waals surface area contributed by atoms with Crippen LogP contribution in [0.2, 0.25) is 0 Å². The summed E-state index contributed by atoms with van der Waals surface area (Å²) in [6.07, 6.45) is 1.86. The number of urea groups is 1. The quantitative estimate of drug-likeness (QED) is 0.892. The van der Waals surface area contributed by atoms with Crippen LogP contribution in [-0.2, 0) is 4.74 Å². The van der Waals surface area contributed by atoms with Crippen molar-refractivity contribution in [3.63, 3.8) is 0 Å². The van der Waals surface area contributed by atoms with Crippen molar-refractivity contribution in [1.82, 2.24) is 10.2 Å². The number of hydrogen-bond donors (Lipinski definition) is 2. The van der Waals surface area contributed by atoms with Gasteiger partial charge in [0.05, 0.1) is 0 Å². The van der Waals surface area contributed by atoms with Crippen molar-refractivity contribution in [3.05, 3.63) is 41.8 Å². The second-order valence-corrected chi connectivity index (χ2v) is 5.72. The number of nitrogens with two attached hydrogens (primary N) is 1. The Labute approximate surface area is 135 Å². The molecule has 3 amide bonds. The molecule has 3 N–H and O–H groups in total. The lowest BCUT2D eigenvalue weighted by Gasteiger charge is -2.25. The van der Waals surface area contributed by atoms with Crippen LogP contribution in [0.5, 0.6) is 0 Å². The minimum absolute atomic E-state index is 0.00822. The molecule has 0 heterocycles. The van der Waals surface area contributed by atoms with E-state index < -0.39 is 23.5 Å². The highest BCUT2D eigenvalue weighted by Gasteiger charge is 2.26. The Bertz CT molecular complexity index is 582. The number of nitrogens with one attached hydrogen (secondary N) is 1. The SMILES string of the molecule is CC(C)(C)OC(=O)N(CCN)C(=O)N/C=C/c1ccccc1F. The van der Waals surface area contributed by atoms with E-state index >= 15 is 0 Å². The predicted octanol–water partition coefficient (Wildman–Crippen LogP) is 2.70. The van der Waals surface area contributed by atoms with E-state index in [1.165, 1.54) is 18.3 Å². The molecular weight excluding hydrogens is 301 g/mol. The minimum atomic E-state index is -0.792. The van der Waals surface area contributed by atoms with E-state index in [2.05, 4.69) is 5.32 Å². The van der Waals surface area contributed by atoms with Crippen LogP contribution in [0.15, 0.2) is 30.5 Å². The smallest absolute Gasteiger partial charge is 0.418 e. The maximum Gasteiger partial charge on any atom is 0.418 e. The molecule has 0 saturated heterocycles. The molecule has 0 radical (unpaired) electrons. The highest BCUT2D eigenvalue weighted by atomic mass is 19.1. The molecule has 0 aliphatic heterocycles. The summed E-state index contributed by atoms with van der Waals surface area (Å²) >= 11 is 0. The number of amides is 3. The van der Waals surface area contributed by atoms with Crippen LogP contribution < -0.4 is 11.1 Å². The molecule has 1 rings (SSSR count). The summed E-state index contributed by atoms with van der Waals surface area (Å²) in [5.41, 5.74) is 5.00. The fraction of sp³-hybridized carbons (Fsp3) is 0.375. The van der Waals surface area contributed by atoms with Crippen LogP contribution in [0, 0.1) is 5.82 Å². The van der Waals surface area contributed by atoms with E-state index in [1.54, 1.807) is 39.0 Å². The molecule has 1 aromatic rings. The van der Waals surface area contributed by atoms with Crippen LogP contribution in [0.4, 0.5) is 14.0 Å². The van der Waals surface area contributed by atoms with Gasteiger partial charge in [-0.1, -0.05) is 18.2 Å². The summed E-state index contributed by atoms with van der Waals surface area (Å²) < 4.78 is 18.6. The second-order valence-electron chi connectivity index (χ2n) is 5.72. The largest absolute Gasteiger partial charge is 0.443 e. The zero-order chi connectivity index (χ0) is 17.5. The van der Waals surface area contributed by atoms with E-state index in [1.807, 2.05) is 0 Å². The van der Waals surface area contributed by atoms with Crippen molar-refractivity contribution < 1.29 is 18.7 Å². The number of ether oxygens (including phenoxy) is 1. The molecule has 126 valence electrons. The first-order valence-electron chi connectivity index (χ1n) is 7.17. The normalized spacial score (nSPS) is 11.3. The maximum absolute atomic E-state index is 13.4. The van der Waals surface area contributed by atoms with Gasteiger partial charge in [0.2, 0.25) is 0 Å². The van der Waals surface area contributed by atoms with Gasteiger partial charge in [0, 0.05) is 24.9 Å². The van der Waals surface area contributed by atoms with Crippen LogP contribution in [-0.4, -0.2) is 35.7 Å². The Morgan fingerprint density at radius 2 is 2.00 bits per heavy atom. The first-order chi connectivity index (χ1) is 10.7. The average Bonchev–Trinajstić information content (AvgIpc) is 2.44. The summed E-state index contributed by atoms with van der Waals surface area (Å²) in [5, 5.41) is 2.39. The van der Waals surface area contributed by atoms with Crippen molar-refractivity contribution in [2.45, 2.75) is 26.4 Å². The van der Waals surface area contributed by atoms with Crippen molar-refractivity contribution in [1.29, 1.82) is 0 Å². The number of carbonyl (C=O) groups excluding carboxylic acids is 2. The third-order valence-electron chi connectivity index (χ3n) is 2.59. The highest BCUT2D eigenvalue weighted by molar-refractivity contribution is 5.91. The van der Waals surface area contributed by atoms with Crippen LogP contribution in [0.25, 0.3) is 6.08 Å². The number of benzene rings is 1. The number of imide groups is 1. The van der Waals surface area contributed by atoms with Crippen LogP contribution in [0.1, 0.15) is 26.3 Å². The number of rotatable bonds is 4.